The summed E-state index contributed by atoms with van der Waals surface area (Å²) < 4.78 is 5.32. The quantitative estimate of drug-likeness (QED) is 0.749. The molecule has 1 N–H and O–H groups in total. The molecule has 1 aromatic heterocycles. The van der Waals surface area contributed by atoms with Gasteiger partial charge in [0.2, 0.25) is 0 Å². The minimum absolute atomic E-state index is 0.155. The van der Waals surface area contributed by atoms with Gasteiger partial charge in [0.15, 0.2) is 0 Å². The minimum atomic E-state index is -0.155. The summed E-state index contributed by atoms with van der Waals surface area (Å²) in [7, 11) is 0. The first-order valence-electron chi connectivity index (χ1n) is 4.73. The molecule has 13 heavy (non-hydrogen) atoms. The summed E-state index contributed by atoms with van der Waals surface area (Å²) in [6.07, 6.45) is 2.42. The van der Waals surface area contributed by atoms with Gasteiger partial charge in [-0.2, -0.15) is 0 Å². The fourth-order valence-electron chi connectivity index (χ4n) is 1.83. The predicted octanol–water partition coefficient (Wildman–Crippen LogP) is 1.41. The van der Waals surface area contributed by atoms with Gasteiger partial charge in [-0.1, -0.05) is 0 Å². The minimum Gasteiger partial charge on any atom is -0.468 e. The molecule has 1 aliphatic rings. The number of likely N-dealkylation sites (tertiary alicyclic amines) is 1. The SMILES string of the molecule is CC(c1ccco1)N1CC[C@@H](O)C1. The summed E-state index contributed by atoms with van der Waals surface area (Å²) in [5.41, 5.74) is 0. The van der Waals surface area contributed by atoms with Gasteiger partial charge >= 0.3 is 0 Å². The number of aliphatic hydroxyl groups excluding tert-OH is 1. The maximum absolute atomic E-state index is 9.37. The first-order chi connectivity index (χ1) is 6.27. The molecule has 1 aromatic rings. The predicted molar refractivity (Wildman–Crippen MR) is 49.3 cm³/mol. The van der Waals surface area contributed by atoms with Crippen LogP contribution in [0.15, 0.2) is 22.8 Å². The largest absolute Gasteiger partial charge is 0.468 e. The molecule has 0 radical (unpaired) electrons. The Morgan fingerprint density at radius 2 is 2.54 bits per heavy atom. The molecule has 0 spiro atoms. The summed E-state index contributed by atoms with van der Waals surface area (Å²) in [5.74, 6) is 0.981. The number of aliphatic hydroxyl groups is 1. The average Bonchev–Trinajstić information content (AvgIpc) is 2.72. The highest BCUT2D eigenvalue weighted by Gasteiger charge is 2.26. The molecule has 3 heteroatoms. The Bertz CT molecular complexity index is 258. The van der Waals surface area contributed by atoms with Crippen molar-refractivity contribution >= 4 is 0 Å². The summed E-state index contributed by atoms with van der Waals surface area (Å²) in [4.78, 5) is 2.24. The standard InChI is InChI=1S/C10H15NO2/c1-8(10-3-2-6-13-10)11-5-4-9(12)7-11/h2-3,6,8-9,12H,4-5,7H2,1H3/t8?,9-/m1/s1. The van der Waals surface area contributed by atoms with Crippen LogP contribution in [-0.2, 0) is 0 Å². The van der Waals surface area contributed by atoms with Gasteiger partial charge in [-0.3, -0.25) is 4.90 Å². The second-order valence-electron chi connectivity index (χ2n) is 3.63. The Hall–Kier alpha value is -0.800. The molecule has 72 valence electrons. The molecular weight excluding hydrogens is 166 g/mol. The summed E-state index contributed by atoms with van der Waals surface area (Å²) >= 11 is 0. The molecule has 1 unspecified atom stereocenters. The van der Waals surface area contributed by atoms with Crippen LogP contribution in [0.3, 0.4) is 0 Å². The van der Waals surface area contributed by atoms with E-state index in [2.05, 4.69) is 11.8 Å². The average molecular weight is 181 g/mol. The first-order valence-corrected chi connectivity index (χ1v) is 4.73. The highest BCUT2D eigenvalue weighted by atomic mass is 16.3. The van der Waals surface area contributed by atoms with Gasteiger partial charge in [0.05, 0.1) is 18.4 Å². The van der Waals surface area contributed by atoms with E-state index in [1.54, 1.807) is 6.26 Å². The molecule has 1 saturated heterocycles. The fourth-order valence-corrected chi connectivity index (χ4v) is 1.83. The summed E-state index contributed by atoms with van der Waals surface area (Å²) in [6, 6.07) is 4.17. The molecular formula is C10H15NO2. The van der Waals surface area contributed by atoms with Crippen molar-refractivity contribution in [2.45, 2.75) is 25.5 Å². The Kier molecular flexibility index (Phi) is 2.38. The summed E-state index contributed by atoms with van der Waals surface area (Å²) in [6.45, 7) is 3.84. The molecule has 1 fully saturated rings. The van der Waals surface area contributed by atoms with E-state index < -0.39 is 0 Å². The molecule has 2 heterocycles. The lowest BCUT2D eigenvalue weighted by atomic mass is 10.2. The number of furan rings is 1. The molecule has 0 aromatic carbocycles. The van der Waals surface area contributed by atoms with E-state index in [1.165, 1.54) is 0 Å². The van der Waals surface area contributed by atoms with E-state index in [9.17, 15) is 5.11 Å². The molecule has 0 aliphatic carbocycles. The number of hydrogen-bond acceptors (Lipinski definition) is 3. The van der Waals surface area contributed by atoms with Crippen LogP contribution in [0.2, 0.25) is 0 Å². The van der Waals surface area contributed by atoms with Crippen molar-refractivity contribution < 1.29 is 9.52 Å². The number of rotatable bonds is 2. The van der Waals surface area contributed by atoms with Crippen molar-refractivity contribution in [3.05, 3.63) is 24.2 Å². The maximum atomic E-state index is 9.37. The molecule has 1 aliphatic heterocycles. The molecule has 0 saturated carbocycles. The fraction of sp³-hybridized carbons (Fsp3) is 0.600. The van der Waals surface area contributed by atoms with Crippen molar-refractivity contribution in [1.82, 2.24) is 4.90 Å². The zero-order chi connectivity index (χ0) is 9.26. The monoisotopic (exact) mass is 181 g/mol. The van der Waals surface area contributed by atoms with Gasteiger partial charge in [0.25, 0.3) is 0 Å². The van der Waals surface area contributed by atoms with Gasteiger partial charge in [0.1, 0.15) is 5.76 Å². The van der Waals surface area contributed by atoms with Crippen LogP contribution < -0.4 is 0 Å². The van der Waals surface area contributed by atoms with Crippen molar-refractivity contribution in [1.29, 1.82) is 0 Å². The molecule has 2 rings (SSSR count). The normalized spacial score (nSPS) is 26.5. The Labute approximate surface area is 78.0 Å². The van der Waals surface area contributed by atoms with Crippen molar-refractivity contribution in [2.75, 3.05) is 13.1 Å². The lowest BCUT2D eigenvalue weighted by Gasteiger charge is -2.21. The van der Waals surface area contributed by atoms with Crippen molar-refractivity contribution in [3.63, 3.8) is 0 Å². The van der Waals surface area contributed by atoms with Crippen molar-refractivity contribution in [3.8, 4) is 0 Å². The van der Waals surface area contributed by atoms with Gasteiger partial charge in [-0.15, -0.1) is 0 Å². The first kappa shape index (κ1) is 8.78. The molecule has 3 nitrogen and oxygen atoms in total. The van der Waals surface area contributed by atoms with Crippen LogP contribution in [0.4, 0.5) is 0 Å². The smallest absolute Gasteiger partial charge is 0.120 e. The topological polar surface area (TPSA) is 36.6 Å². The maximum Gasteiger partial charge on any atom is 0.120 e. The van der Waals surface area contributed by atoms with Crippen LogP contribution in [0.25, 0.3) is 0 Å². The lowest BCUT2D eigenvalue weighted by molar-refractivity contribution is 0.156. The van der Waals surface area contributed by atoms with E-state index in [4.69, 9.17) is 4.42 Å². The highest BCUT2D eigenvalue weighted by Crippen LogP contribution is 2.24. The summed E-state index contributed by atoms with van der Waals surface area (Å²) in [5, 5.41) is 9.37. The van der Waals surface area contributed by atoms with E-state index >= 15 is 0 Å². The van der Waals surface area contributed by atoms with Gasteiger partial charge in [0, 0.05) is 13.1 Å². The second kappa shape index (κ2) is 3.52. The third kappa shape index (κ3) is 1.76. The number of β-amino-alcohol motifs (C(OH)–C–C–N with tert-alkyl or cyclic N) is 1. The number of nitrogens with zero attached hydrogens (tertiary/aromatic N) is 1. The van der Waals surface area contributed by atoms with E-state index in [0.29, 0.717) is 0 Å². The zero-order valence-corrected chi connectivity index (χ0v) is 7.81. The third-order valence-electron chi connectivity index (χ3n) is 2.70. The van der Waals surface area contributed by atoms with E-state index in [1.807, 2.05) is 12.1 Å². The van der Waals surface area contributed by atoms with Crippen LogP contribution in [0, 0.1) is 0 Å². The van der Waals surface area contributed by atoms with Crippen LogP contribution >= 0.6 is 0 Å². The van der Waals surface area contributed by atoms with Crippen LogP contribution in [-0.4, -0.2) is 29.2 Å². The van der Waals surface area contributed by atoms with Crippen LogP contribution in [0.1, 0.15) is 25.1 Å². The Balaban J connectivity index is 2.02. The van der Waals surface area contributed by atoms with E-state index in [-0.39, 0.29) is 12.1 Å². The van der Waals surface area contributed by atoms with E-state index in [0.717, 1.165) is 25.3 Å². The van der Waals surface area contributed by atoms with Gasteiger partial charge < -0.3 is 9.52 Å². The third-order valence-corrected chi connectivity index (χ3v) is 2.70. The Morgan fingerprint density at radius 1 is 1.69 bits per heavy atom. The molecule has 0 amide bonds. The highest BCUT2D eigenvalue weighted by molar-refractivity contribution is 5.04. The zero-order valence-electron chi connectivity index (χ0n) is 7.81. The lowest BCUT2D eigenvalue weighted by Crippen LogP contribution is -2.25. The number of hydrogen-bond donors (Lipinski definition) is 1. The molecule has 2 atom stereocenters. The van der Waals surface area contributed by atoms with Crippen molar-refractivity contribution in [2.24, 2.45) is 0 Å². The van der Waals surface area contributed by atoms with Crippen LogP contribution in [0.5, 0.6) is 0 Å². The van der Waals surface area contributed by atoms with Gasteiger partial charge in [-0.05, 0) is 25.5 Å². The Morgan fingerprint density at radius 3 is 3.08 bits per heavy atom. The molecule has 0 bridgehead atoms. The van der Waals surface area contributed by atoms with Gasteiger partial charge in [-0.25, -0.2) is 0 Å². The second-order valence-corrected chi connectivity index (χ2v) is 3.63.